The van der Waals surface area contributed by atoms with Crippen LogP contribution in [0.4, 0.5) is 5.69 Å². The number of para-hydroxylation sites is 1. The highest BCUT2D eigenvalue weighted by molar-refractivity contribution is 5.87. The van der Waals surface area contributed by atoms with Crippen molar-refractivity contribution in [2.45, 2.75) is 63.5 Å². The number of nitrogens with zero attached hydrogens (tertiary/aromatic N) is 1. The molecular formula is C20H26N2. The van der Waals surface area contributed by atoms with Gasteiger partial charge in [-0.05, 0) is 68.4 Å². The van der Waals surface area contributed by atoms with Crippen LogP contribution in [0.3, 0.4) is 0 Å². The molecule has 116 valence electrons. The molecule has 2 heterocycles. The molecule has 2 saturated carbocycles. The van der Waals surface area contributed by atoms with Gasteiger partial charge in [-0.1, -0.05) is 25.1 Å². The van der Waals surface area contributed by atoms with Crippen molar-refractivity contribution in [2.75, 3.05) is 0 Å². The Kier molecular flexibility index (Phi) is 2.32. The topological polar surface area (TPSA) is 24.4 Å². The van der Waals surface area contributed by atoms with Crippen molar-refractivity contribution in [3.8, 4) is 0 Å². The van der Waals surface area contributed by atoms with Gasteiger partial charge >= 0.3 is 0 Å². The highest BCUT2D eigenvalue weighted by Crippen LogP contribution is 2.67. The van der Waals surface area contributed by atoms with Gasteiger partial charge in [-0.3, -0.25) is 4.99 Å². The third-order valence-corrected chi connectivity index (χ3v) is 7.80. The molecule has 2 aliphatic heterocycles. The summed E-state index contributed by atoms with van der Waals surface area (Å²) in [5.41, 5.74) is 3.53. The summed E-state index contributed by atoms with van der Waals surface area (Å²) in [7, 11) is 0. The van der Waals surface area contributed by atoms with E-state index in [1.54, 1.807) is 0 Å². The molecule has 22 heavy (non-hydrogen) atoms. The average molecular weight is 294 g/mol. The van der Waals surface area contributed by atoms with Gasteiger partial charge in [0.2, 0.25) is 0 Å². The van der Waals surface area contributed by atoms with Crippen LogP contribution in [0.15, 0.2) is 29.3 Å². The zero-order chi connectivity index (χ0) is 15.2. The lowest BCUT2D eigenvalue weighted by atomic mass is 9.53. The Labute approximate surface area is 133 Å². The molecule has 1 aromatic carbocycles. The molecule has 2 aliphatic carbocycles. The SMILES string of the molecule is CC1(C)N[C@H]2C[C@]3(C=Nc4ccccc43)[C@]3(C)CC[C@H]1C[C@@H]23. The van der Waals surface area contributed by atoms with Crippen molar-refractivity contribution in [1.29, 1.82) is 0 Å². The van der Waals surface area contributed by atoms with Gasteiger partial charge in [-0.25, -0.2) is 0 Å². The first-order valence-electron chi connectivity index (χ1n) is 8.89. The summed E-state index contributed by atoms with van der Waals surface area (Å²) in [5.74, 6) is 1.64. The Bertz CT molecular complexity index is 676. The Morgan fingerprint density at radius 3 is 2.86 bits per heavy atom. The second-order valence-electron chi connectivity index (χ2n) is 8.92. The van der Waals surface area contributed by atoms with Crippen LogP contribution in [0.2, 0.25) is 0 Å². The molecule has 1 spiro atoms. The van der Waals surface area contributed by atoms with E-state index in [-0.39, 0.29) is 5.41 Å². The van der Waals surface area contributed by atoms with E-state index >= 15 is 0 Å². The van der Waals surface area contributed by atoms with E-state index in [2.05, 4.69) is 56.6 Å². The molecule has 1 aromatic rings. The highest BCUT2D eigenvalue weighted by Gasteiger charge is 2.66. The third-order valence-electron chi connectivity index (χ3n) is 7.80. The first-order valence-corrected chi connectivity index (χ1v) is 8.89. The molecule has 3 fully saturated rings. The second-order valence-corrected chi connectivity index (χ2v) is 8.92. The van der Waals surface area contributed by atoms with Crippen LogP contribution in [0.5, 0.6) is 0 Å². The first kappa shape index (κ1) is 13.3. The Balaban J connectivity index is 1.68. The van der Waals surface area contributed by atoms with Gasteiger partial charge in [0.05, 0.1) is 5.69 Å². The maximum absolute atomic E-state index is 4.84. The van der Waals surface area contributed by atoms with Crippen LogP contribution in [0.1, 0.15) is 52.0 Å². The van der Waals surface area contributed by atoms with E-state index in [1.165, 1.54) is 36.9 Å². The van der Waals surface area contributed by atoms with Gasteiger partial charge in [-0.2, -0.15) is 0 Å². The predicted octanol–water partition coefficient (Wildman–Crippen LogP) is 4.22. The van der Waals surface area contributed by atoms with Crippen molar-refractivity contribution < 1.29 is 0 Å². The molecule has 1 saturated heterocycles. The summed E-state index contributed by atoms with van der Waals surface area (Å²) < 4.78 is 0. The summed E-state index contributed by atoms with van der Waals surface area (Å²) in [4.78, 5) is 4.84. The number of hydrogen-bond donors (Lipinski definition) is 1. The van der Waals surface area contributed by atoms with Crippen molar-refractivity contribution in [1.82, 2.24) is 5.32 Å². The monoisotopic (exact) mass is 294 g/mol. The van der Waals surface area contributed by atoms with Crippen LogP contribution in [-0.4, -0.2) is 17.8 Å². The number of rotatable bonds is 0. The van der Waals surface area contributed by atoms with E-state index in [9.17, 15) is 0 Å². The van der Waals surface area contributed by atoms with Gasteiger partial charge in [0.25, 0.3) is 0 Å². The Morgan fingerprint density at radius 2 is 2.00 bits per heavy atom. The van der Waals surface area contributed by atoms with Gasteiger partial charge in [0.15, 0.2) is 0 Å². The lowest BCUT2D eigenvalue weighted by Crippen LogP contribution is -2.61. The number of piperidine rings is 1. The maximum atomic E-state index is 4.84. The third kappa shape index (κ3) is 1.34. The van der Waals surface area contributed by atoms with Crippen LogP contribution < -0.4 is 5.32 Å². The number of aliphatic imine (C=N–C) groups is 1. The van der Waals surface area contributed by atoms with E-state index in [4.69, 9.17) is 4.99 Å². The molecule has 5 rings (SSSR count). The van der Waals surface area contributed by atoms with Crippen LogP contribution in [0.25, 0.3) is 0 Å². The van der Waals surface area contributed by atoms with Crippen molar-refractivity contribution in [3.05, 3.63) is 29.8 Å². The summed E-state index contributed by atoms with van der Waals surface area (Å²) >= 11 is 0. The second kappa shape index (κ2) is 3.84. The summed E-state index contributed by atoms with van der Waals surface area (Å²) in [5, 5.41) is 4.03. The van der Waals surface area contributed by atoms with E-state index in [1.807, 2.05) is 0 Å². The molecule has 1 N–H and O–H groups in total. The minimum atomic E-state index is 0.164. The zero-order valence-corrected chi connectivity index (χ0v) is 13.9. The van der Waals surface area contributed by atoms with E-state index in [0.717, 1.165) is 11.8 Å². The quantitative estimate of drug-likeness (QED) is 0.761. The van der Waals surface area contributed by atoms with E-state index in [0.29, 0.717) is 17.0 Å². The Hall–Kier alpha value is -1.15. The molecular weight excluding hydrogens is 268 g/mol. The molecule has 2 nitrogen and oxygen atoms in total. The van der Waals surface area contributed by atoms with Gasteiger partial charge < -0.3 is 5.32 Å². The van der Waals surface area contributed by atoms with Gasteiger partial charge in [0, 0.05) is 23.2 Å². The predicted molar refractivity (Wildman–Crippen MR) is 90.8 cm³/mol. The largest absolute Gasteiger partial charge is 0.308 e. The first-order chi connectivity index (χ1) is 10.5. The molecule has 0 radical (unpaired) electrons. The smallest absolute Gasteiger partial charge is 0.0667 e. The normalized spacial score (nSPS) is 47.0. The highest BCUT2D eigenvalue weighted by atomic mass is 15.1. The fraction of sp³-hybridized carbons (Fsp3) is 0.650. The number of nitrogens with one attached hydrogen (secondary N) is 1. The van der Waals surface area contributed by atoms with Crippen molar-refractivity contribution >= 4 is 11.9 Å². The fourth-order valence-electron chi connectivity index (χ4n) is 6.46. The van der Waals surface area contributed by atoms with Crippen LogP contribution in [-0.2, 0) is 5.41 Å². The molecule has 0 aromatic heterocycles. The zero-order valence-electron chi connectivity index (χ0n) is 13.9. The fourth-order valence-corrected chi connectivity index (χ4v) is 6.46. The number of fused-ring (bicyclic) bond motifs is 4. The molecule has 2 bridgehead atoms. The summed E-state index contributed by atoms with van der Waals surface area (Å²) in [6.07, 6.45) is 7.66. The molecule has 0 amide bonds. The van der Waals surface area contributed by atoms with Crippen LogP contribution >= 0.6 is 0 Å². The maximum Gasteiger partial charge on any atom is 0.0667 e. The molecule has 2 heteroatoms. The lowest BCUT2D eigenvalue weighted by Gasteiger charge is -2.55. The average Bonchev–Trinajstić information content (AvgIpc) is 2.98. The number of benzene rings is 1. The van der Waals surface area contributed by atoms with Gasteiger partial charge in [-0.15, -0.1) is 0 Å². The lowest BCUT2D eigenvalue weighted by molar-refractivity contribution is -0.00299. The van der Waals surface area contributed by atoms with Crippen molar-refractivity contribution in [3.63, 3.8) is 0 Å². The van der Waals surface area contributed by atoms with E-state index < -0.39 is 0 Å². The summed E-state index contributed by atoms with van der Waals surface area (Å²) in [6.45, 7) is 7.39. The number of hydrogen-bond acceptors (Lipinski definition) is 2. The Morgan fingerprint density at radius 1 is 1.18 bits per heavy atom. The molecule has 4 aliphatic rings. The molecule has 5 atom stereocenters. The minimum absolute atomic E-state index is 0.164. The van der Waals surface area contributed by atoms with Crippen LogP contribution in [0, 0.1) is 17.3 Å². The molecule has 0 unspecified atom stereocenters. The van der Waals surface area contributed by atoms with Gasteiger partial charge in [0.1, 0.15) is 0 Å². The minimum Gasteiger partial charge on any atom is -0.308 e. The van der Waals surface area contributed by atoms with Crippen molar-refractivity contribution in [2.24, 2.45) is 22.2 Å². The standard InChI is InChI=1S/C20H26N2/c1-18(2)13-8-9-19(3)15(10-13)17(22-18)11-20(19)12-21-16-7-5-4-6-14(16)20/h4-7,12-13,15,17,22H,8-11H2,1-3H3/t13-,15-,17-,19+,20+/m0/s1. The summed E-state index contributed by atoms with van der Waals surface area (Å²) in [6, 6.07) is 9.49.